The minimum Gasteiger partial charge on any atom is -0.492 e. The van der Waals surface area contributed by atoms with Crippen LogP contribution in [0.2, 0.25) is 0 Å². The molecule has 0 bridgehead atoms. The highest BCUT2D eigenvalue weighted by molar-refractivity contribution is 5.61. The smallest absolute Gasteiger partial charge is 0.141 e. The van der Waals surface area contributed by atoms with E-state index in [1.54, 1.807) is 0 Å². The molecule has 28 heavy (non-hydrogen) atoms. The average molecular weight is 374 g/mol. The Bertz CT molecular complexity index is 963. The van der Waals surface area contributed by atoms with Crippen molar-refractivity contribution >= 4 is 0 Å². The summed E-state index contributed by atoms with van der Waals surface area (Å²) in [4.78, 5) is 7.27. The molecular formula is C23H26N4O. The van der Waals surface area contributed by atoms with Gasteiger partial charge in [-0.15, -0.1) is 0 Å². The second-order valence-corrected chi connectivity index (χ2v) is 7.89. The van der Waals surface area contributed by atoms with Crippen LogP contribution in [0.3, 0.4) is 0 Å². The number of nitrogens with zero attached hydrogens (tertiary/aromatic N) is 4. The third-order valence-corrected chi connectivity index (χ3v) is 5.89. The van der Waals surface area contributed by atoms with Crippen molar-refractivity contribution in [2.45, 2.75) is 38.3 Å². The Kier molecular flexibility index (Phi) is 4.61. The van der Waals surface area contributed by atoms with Crippen molar-refractivity contribution in [1.82, 2.24) is 19.7 Å². The second-order valence-electron chi connectivity index (χ2n) is 7.89. The van der Waals surface area contributed by atoms with Crippen molar-refractivity contribution in [2.75, 3.05) is 13.2 Å². The molecule has 3 aromatic rings. The Morgan fingerprint density at radius 1 is 1.11 bits per heavy atom. The molecule has 0 saturated carbocycles. The molecule has 1 aromatic carbocycles. The van der Waals surface area contributed by atoms with Crippen LogP contribution >= 0.6 is 0 Å². The maximum absolute atomic E-state index is 5.85. The normalized spacial score (nSPS) is 19.4. The fourth-order valence-electron chi connectivity index (χ4n) is 4.40. The van der Waals surface area contributed by atoms with Gasteiger partial charge in [0.25, 0.3) is 0 Å². The number of aryl methyl sites for hydroxylation is 2. The molecule has 2 aromatic heterocycles. The average Bonchev–Trinajstić information content (AvgIpc) is 3.37. The third-order valence-electron chi connectivity index (χ3n) is 5.89. The summed E-state index contributed by atoms with van der Waals surface area (Å²) in [6, 6.07) is 11.5. The predicted octanol–water partition coefficient (Wildman–Crippen LogP) is 4.14. The monoisotopic (exact) mass is 374 g/mol. The third kappa shape index (κ3) is 3.42. The van der Waals surface area contributed by atoms with Crippen LogP contribution in [-0.2, 0) is 20.0 Å². The van der Waals surface area contributed by atoms with Crippen molar-refractivity contribution in [1.29, 1.82) is 0 Å². The Hall–Kier alpha value is -2.66. The van der Waals surface area contributed by atoms with Crippen LogP contribution in [0.15, 0.2) is 48.9 Å². The minimum absolute atomic E-state index is 0.432. The summed E-state index contributed by atoms with van der Waals surface area (Å²) in [6.07, 6.45) is 10.6. The lowest BCUT2D eigenvalue weighted by atomic mass is 10.0. The van der Waals surface area contributed by atoms with Gasteiger partial charge in [0.05, 0.1) is 18.5 Å². The molecule has 144 valence electrons. The molecule has 0 aliphatic carbocycles. The van der Waals surface area contributed by atoms with Crippen LogP contribution in [0.1, 0.15) is 42.1 Å². The molecule has 5 rings (SSSR count). The van der Waals surface area contributed by atoms with Crippen molar-refractivity contribution in [3.63, 3.8) is 0 Å². The molecule has 1 atom stereocenters. The Morgan fingerprint density at radius 3 is 2.82 bits per heavy atom. The summed E-state index contributed by atoms with van der Waals surface area (Å²) >= 11 is 0. The molecule has 2 aliphatic heterocycles. The van der Waals surface area contributed by atoms with Crippen molar-refractivity contribution in [3.8, 4) is 16.9 Å². The van der Waals surface area contributed by atoms with Crippen LogP contribution in [0.4, 0.5) is 0 Å². The SMILES string of the molecule is Cn1cc(-c2ccc(CN3CCCC3c3cnc4c(c3)OCCC4)cc2)cn1. The van der Waals surface area contributed by atoms with Crippen LogP contribution in [0.5, 0.6) is 5.75 Å². The fourth-order valence-corrected chi connectivity index (χ4v) is 4.40. The van der Waals surface area contributed by atoms with Crippen LogP contribution in [-0.4, -0.2) is 32.8 Å². The zero-order chi connectivity index (χ0) is 18.9. The number of rotatable bonds is 4. The lowest BCUT2D eigenvalue weighted by Crippen LogP contribution is -2.23. The van der Waals surface area contributed by atoms with E-state index in [4.69, 9.17) is 9.72 Å². The van der Waals surface area contributed by atoms with Crippen molar-refractivity contribution in [3.05, 3.63) is 65.7 Å². The van der Waals surface area contributed by atoms with Gasteiger partial charge >= 0.3 is 0 Å². The molecule has 2 aliphatic rings. The second kappa shape index (κ2) is 7.40. The number of likely N-dealkylation sites (tertiary alicyclic amines) is 1. The van der Waals surface area contributed by atoms with E-state index in [0.29, 0.717) is 6.04 Å². The molecule has 1 fully saturated rings. The van der Waals surface area contributed by atoms with Gasteiger partial charge in [-0.2, -0.15) is 5.10 Å². The van der Waals surface area contributed by atoms with Crippen LogP contribution in [0.25, 0.3) is 11.1 Å². The molecule has 4 heterocycles. The standard InChI is InChI=1S/C23H26N4O/c1-26-16-20(14-25-26)18-8-6-17(7-9-18)15-27-10-2-5-22(27)19-12-23-21(24-13-19)4-3-11-28-23/h6-9,12-14,16,22H,2-5,10-11,15H2,1H3. The quantitative estimate of drug-likeness (QED) is 0.688. The maximum atomic E-state index is 5.85. The Labute approximate surface area is 166 Å². The summed E-state index contributed by atoms with van der Waals surface area (Å²) in [5, 5.41) is 4.26. The summed E-state index contributed by atoms with van der Waals surface area (Å²) in [6.45, 7) is 2.92. The molecule has 1 saturated heterocycles. The fraction of sp³-hybridized carbons (Fsp3) is 0.391. The van der Waals surface area contributed by atoms with Crippen LogP contribution < -0.4 is 4.74 Å². The van der Waals surface area contributed by atoms with E-state index < -0.39 is 0 Å². The number of fused-ring (bicyclic) bond motifs is 1. The first-order valence-corrected chi connectivity index (χ1v) is 10.2. The van der Waals surface area contributed by atoms with Gasteiger partial charge in [-0.1, -0.05) is 24.3 Å². The van der Waals surface area contributed by atoms with Gasteiger partial charge in [-0.25, -0.2) is 0 Å². The molecule has 0 amide bonds. The number of aromatic nitrogens is 3. The lowest BCUT2D eigenvalue weighted by Gasteiger charge is -2.26. The van der Waals surface area contributed by atoms with E-state index in [9.17, 15) is 0 Å². The van der Waals surface area contributed by atoms with Gasteiger partial charge in [-0.3, -0.25) is 14.6 Å². The highest BCUT2D eigenvalue weighted by Crippen LogP contribution is 2.36. The molecule has 5 heteroatoms. The molecule has 0 spiro atoms. The highest BCUT2D eigenvalue weighted by Gasteiger charge is 2.27. The lowest BCUT2D eigenvalue weighted by molar-refractivity contribution is 0.245. The number of ether oxygens (including phenoxy) is 1. The summed E-state index contributed by atoms with van der Waals surface area (Å²) in [5.41, 5.74) is 6.14. The van der Waals surface area contributed by atoms with Gasteiger partial charge in [0.1, 0.15) is 5.75 Å². The minimum atomic E-state index is 0.432. The first-order valence-electron chi connectivity index (χ1n) is 10.2. The van der Waals surface area contributed by atoms with Gasteiger partial charge in [-0.05, 0) is 55.0 Å². The van der Waals surface area contributed by atoms with E-state index in [1.165, 1.54) is 29.5 Å². The van der Waals surface area contributed by atoms with Gasteiger partial charge in [0.2, 0.25) is 0 Å². The Balaban J connectivity index is 1.32. The summed E-state index contributed by atoms with van der Waals surface area (Å²) in [7, 11) is 1.95. The number of hydrogen-bond acceptors (Lipinski definition) is 4. The van der Waals surface area contributed by atoms with Gasteiger partial charge < -0.3 is 4.74 Å². The van der Waals surface area contributed by atoms with Crippen molar-refractivity contribution < 1.29 is 4.74 Å². The summed E-state index contributed by atoms with van der Waals surface area (Å²) in [5.74, 6) is 0.997. The number of pyridine rings is 1. The van der Waals surface area contributed by atoms with E-state index >= 15 is 0 Å². The molecule has 1 unspecified atom stereocenters. The molecule has 0 N–H and O–H groups in total. The highest BCUT2D eigenvalue weighted by atomic mass is 16.5. The largest absolute Gasteiger partial charge is 0.492 e. The number of benzene rings is 1. The zero-order valence-electron chi connectivity index (χ0n) is 16.3. The first kappa shape index (κ1) is 17.4. The van der Waals surface area contributed by atoms with Crippen molar-refractivity contribution in [2.24, 2.45) is 7.05 Å². The maximum Gasteiger partial charge on any atom is 0.141 e. The van der Waals surface area contributed by atoms with Gasteiger partial charge in [0, 0.05) is 37.6 Å². The first-order chi connectivity index (χ1) is 13.8. The molecule has 5 nitrogen and oxygen atoms in total. The molecule has 0 radical (unpaired) electrons. The number of hydrogen-bond donors (Lipinski definition) is 0. The zero-order valence-corrected chi connectivity index (χ0v) is 16.3. The predicted molar refractivity (Wildman–Crippen MR) is 109 cm³/mol. The topological polar surface area (TPSA) is 43.2 Å². The van der Waals surface area contributed by atoms with Crippen LogP contribution in [0, 0.1) is 0 Å². The van der Waals surface area contributed by atoms with E-state index in [2.05, 4.69) is 52.7 Å². The molecular weight excluding hydrogens is 348 g/mol. The Morgan fingerprint density at radius 2 is 2.00 bits per heavy atom. The van der Waals surface area contributed by atoms with Gasteiger partial charge in [0.15, 0.2) is 0 Å². The van der Waals surface area contributed by atoms with E-state index in [0.717, 1.165) is 49.5 Å². The van der Waals surface area contributed by atoms with E-state index in [1.807, 2.05) is 17.9 Å². The summed E-state index contributed by atoms with van der Waals surface area (Å²) < 4.78 is 7.69. The van der Waals surface area contributed by atoms with E-state index in [-0.39, 0.29) is 0 Å².